The average molecular weight is 480 g/mol. The molecular formula is C26H20N6O4. The van der Waals surface area contributed by atoms with E-state index in [1.54, 1.807) is 24.3 Å². The number of hydrogen-bond donors (Lipinski definition) is 2. The van der Waals surface area contributed by atoms with E-state index in [-0.39, 0.29) is 24.1 Å². The lowest BCUT2D eigenvalue weighted by Gasteiger charge is -2.22. The summed E-state index contributed by atoms with van der Waals surface area (Å²) in [5.41, 5.74) is 2.54. The lowest BCUT2D eigenvalue weighted by Crippen LogP contribution is -2.29. The SMILES string of the molecule is O=C(Nc1nc(OC(=O)N(c2ccccc2)c2ccccc2)c2[nH]cnc2n1)OCc1ccccc1. The molecule has 10 nitrogen and oxygen atoms in total. The van der Waals surface area contributed by atoms with Crippen molar-refractivity contribution >= 4 is 40.7 Å². The summed E-state index contributed by atoms with van der Waals surface area (Å²) >= 11 is 0. The van der Waals surface area contributed by atoms with Gasteiger partial charge in [-0.2, -0.15) is 9.97 Å². The zero-order valence-corrected chi connectivity index (χ0v) is 18.9. The molecule has 178 valence electrons. The van der Waals surface area contributed by atoms with E-state index in [9.17, 15) is 9.59 Å². The summed E-state index contributed by atoms with van der Waals surface area (Å²) in [7, 11) is 0. The number of carbonyl (C=O) groups excluding carboxylic acids is 2. The Labute approximate surface area is 205 Å². The second kappa shape index (κ2) is 10.3. The third-order valence-corrected chi connectivity index (χ3v) is 5.07. The Morgan fingerprint density at radius 1 is 0.833 bits per heavy atom. The molecular weight excluding hydrogens is 460 g/mol. The van der Waals surface area contributed by atoms with Crippen LogP contribution in [0.1, 0.15) is 5.56 Å². The molecule has 0 unspecified atom stereocenters. The number of carbonyl (C=O) groups is 2. The number of ether oxygens (including phenoxy) is 2. The highest BCUT2D eigenvalue weighted by Gasteiger charge is 2.23. The zero-order chi connectivity index (χ0) is 24.7. The van der Waals surface area contributed by atoms with Crippen molar-refractivity contribution in [2.24, 2.45) is 0 Å². The van der Waals surface area contributed by atoms with Gasteiger partial charge in [-0.15, -0.1) is 0 Å². The van der Waals surface area contributed by atoms with Crippen LogP contribution in [0, 0.1) is 0 Å². The molecule has 0 radical (unpaired) electrons. The number of fused-ring (bicyclic) bond motifs is 1. The quantitative estimate of drug-likeness (QED) is 0.332. The monoisotopic (exact) mass is 480 g/mol. The van der Waals surface area contributed by atoms with Crippen LogP contribution < -0.4 is 15.0 Å². The zero-order valence-electron chi connectivity index (χ0n) is 18.9. The number of amides is 2. The second-order valence-electron chi connectivity index (χ2n) is 7.51. The van der Waals surface area contributed by atoms with Crippen LogP contribution in [0.2, 0.25) is 0 Å². The van der Waals surface area contributed by atoms with E-state index < -0.39 is 12.2 Å². The van der Waals surface area contributed by atoms with E-state index in [2.05, 4.69) is 25.3 Å². The first-order valence-electron chi connectivity index (χ1n) is 11.0. The van der Waals surface area contributed by atoms with E-state index >= 15 is 0 Å². The van der Waals surface area contributed by atoms with Crippen LogP contribution in [0.25, 0.3) is 11.2 Å². The topological polar surface area (TPSA) is 122 Å². The Balaban J connectivity index is 1.38. The van der Waals surface area contributed by atoms with Crippen LogP contribution in [0.3, 0.4) is 0 Å². The first-order valence-corrected chi connectivity index (χ1v) is 11.0. The maximum absolute atomic E-state index is 13.4. The van der Waals surface area contributed by atoms with Crippen LogP contribution in [-0.2, 0) is 11.3 Å². The molecule has 2 aromatic heterocycles. The Hall–Kier alpha value is -5.25. The normalized spacial score (nSPS) is 10.6. The van der Waals surface area contributed by atoms with E-state index in [1.807, 2.05) is 66.7 Å². The van der Waals surface area contributed by atoms with Crippen molar-refractivity contribution in [3.63, 3.8) is 0 Å². The van der Waals surface area contributed by atoms with E-state index in [4.69, 9.17) is 9.47 Å². The molecule has 2 heterocycles. The molecule has 2 amide bonds. The third kappa shape index (κ3) is 5.12. The molecule has 0 aliphatic rings. The molecule has 10 heteroatoms. The maximum atomic E-state index is 13.4. The molecule has 2 N–H and O–H groups in total. The van der Waals surface area contributed by atoms with Gasteiger partial charge in [-0.3, -0.25) is 5.32 Å². The number of anilines is 3. The van der Waals surface area contributed by atoms with Gasteiger partial charge in [-0.05, 0) is 29.8 Å². The fourth-order valence-corrected chi connectivity index (χ4v) is 3.43. The van der Waals surface area contributed by atoms with Gasteiger partial charge in [-0.25, -0.2) is 19.5 Å². The molecule has 5 rings (SSSR count). The summed E-state index contributed by atoms with van der Waals surface area (Å²) in [4.78, 5) is 42.5. The van der Waals surface area contributed by atoms with Crippen LogP contribution in [-0.4, -0.2) is 32.1 Å². The lowest BCUT2D eigenvalue weighted by molar-refractivity contribution is 0.155. The number of H-pyrrole nitrogens is 1. The minimum atomic E-state index is -0.763. The largest absolute Gasteiger partial charge is 0.444 e. The van der Waals surface area contributed by atoms with E-state index in [1.165, 1.54) is 11.2 Å². The Morgan fingerprint density at radius 2 is 1.44 bits per heavy atom. The van der Waals surface area contributed by atoms with Crippen molar-refractivity contribution in [3.05, 3.63) is 103 Å². The lowest BCUT2D eigenvalue weighted by atomic mass is 10.2. The van der Waals surface area contributed by atoms with Crippen LogP contribution in [0.5, 0.6) is 5.88 Å². The Kier molecular flexibility index (Phi) is 6.48. The first kappa shape index (κ1) is 22.5. The van der Waals surface area contributed by atoms with Gasteiger partial charge >= 0.3 is 12.2 Å². The summed E-state index contributed by atoms with van der Waals surface area (Å²) in [6.45, 7) is 0.0717. The predicted octanol–water partition coefficient (Wildman–Crippen LogP) is 5.44. The number of para-hydroxylation sites is 2. The number of benzene rings is 3. The molecule has 0 saturated heterocycles. The molecule has 5 aromatic rings. The summed E-state index contributed by atoms with van der Waals surface area (Å²) in [5.74, 6) is -0.223. The van der Waals surface area contributed by atoms with Gasteiger partial charge in [0.2, 0.25) is 5.95 Å². The number of aromatic nitrogens is 4. The first-order chi connectivity index (χ1) is 17.7. The highest BCUT2D eigenvalue weighted by molar-refractivity contribution is 5.98. The molecule has 0 saturated carbocycles. The molecule has 0 aliphatic heterocycles. The van der Waals surface area contributed by atoms with Gasteiger partial charge in [0.1, 0.15) is 12.1 Å². The summed E-state index contributed by atoms with van der Waals surface area (Å²) in [6.07, 6.45) is -0.0822. The number of rotatable bonds is 6. The van der Waals surface area contributed by atoms with E-state index in [0.717, 1.165) is 5.56 Å². The summed E-state index contributed by atoms with van der Waals surface area (Å²) in [6, 6.07) is 27.4. The van der Waals surface area contributed by atoms with Gasteiger partial charge in [0.25, 0.3) is 5.88 Å². The highest BCUT2D eigenvalue weighted by Crippen LogP contribution is 2.28. The maximum Gasteiger partial charge on any atom is 0.425 e. The number of nitrogens with one attached hydrogen (secondary N) is 2. The van der Waals surface area contributed by atoms with Crippen LogP contribution in [0.4, 0.5) is 26.9 Å². The number of nitrogens with zero attached hydrogens (tertiary/aromatic N) is 4. The van der Waals surface area contributed by atoms with Crippen LogP contribution >= 0.6 is 0 Å². The predicted molar refractivity (Wildman–Crippen MR) is 133 cm³/mol. The summed E-state index contributed by atoms with van der Waals surface area (Å²) < 4.78 is 10.9. The molecule has 0 aliphatic carbocycles. The van der Waals surface area contributed by atoms with Crippen molar-refractivity contribution in [2.75, 3.05) is 10.2 Å². The highest BCUT2D eigenvalue weighted by atomic mass is 16.6. The number of hydrogen-bond acceptors (Lipinski definition) is 7. The fourth-order valence-electron chi connectivity index (χ4n) is 3.43. The number of imidazole rings is 1. The molecule has 36 heavy (non-hydrogen) atoms. The minimum absolute atomic E-state index is 0.0717. The van der Waals surface area contributed by atoms with Crippen molar-refractivity contribution in [1.82, 2.24) is 19.9 Å². The minimum Gasteiger partial charge on any atom is -0.444 e. The van der Waals surface area contributed by atoms with Gasteiger partial charge in [0.05, 0.1) is 17.7 Å². The average Bonchev–Trinajstić information content (AvgIpc) is 3.39. The van der Waals surface area contributed by atoms with Crippen molar-refractivity contribution in [2.45, 2.75) is 6.61 Å². The van der Waals surface area contributed by atoms with Gasteiger partial charge < -0.3 is 14.5 Å². The molecule has 3 aromatic carbocycles. The van der Waals surface area contributed by atoms with Crippen molar-refractivity contribution in [1.29, 1.82) is 0 Å². The Morgan fingerprint density at radius 3 is 2.08 bits per heavy atom. The molecule has 0 spiro atoms. The van der Waals surface area contributed by atoms with Gasteiger partial charge in [0.15, 0.2) is 5.65 Å². The van der Waals surface area contributed by atoms with Crippen molar-refractivity contribution in [3.8, 4) is 5.88 Å². The van der Waals surface area contributed by atoms with Crippen LogP contribution in [0.15, 0.2) is 97.3 Å². The van der Waals surface area contributed by atoms with E-state index in [0.29, 0.717) is 16.9 Å². The fraction of sp³-hybridized carbons (Fsp3) is 0.0385. The molecule has 0 bridgehead atoms. The van der Waals surface area contributed by atoms with Gasteiger partial charge in [0, 0.05) is 0 Å². The molecule has 0 atom stereocenters. The second-order valence-corrected chi connectivity index (χ2v) is 7.51. The summed E-state index contributed by atoms with van der Waals surface area (Å²) in [5, 5.41) is 2.46. The third-order valence-electron chi connectivity index (χ3n) is 5.07. The van der Waals surface area contributed by atoms with Crippen molar-refractivity contribution < 1.29 is 19.1 Å². The Bertz CT molecular complexity index is 1440. The molecule has 0 fully saturated rings. The standard InChI is InChI=1S/C26H20N6O4/c33-25(35-16-18-10-4-1-5-11-18)31-24-29-22-21(27-17-28-22)23(30-24)36-26(34)32(19-12-6-2-7-13-19)20-14-8-3-9-15-20/h1-15,17H,16H2,(H2,27,28,29,30,31,33). The van der Waals surface area contributed by atoms with Gasteiger partial charge in [-0.1, -0.05) is 66.7 Å². The smallest absolute Gasteiger partial charge is 0.425 e. The number of aromatic amines is 1.